The number of allylic oxidation sites excluding steroid dienone is 5. The first-order valence-corrected chi connectivity index (χ1v) is 22.0. The van der Waals surface area contributed by atoms with E-state index >= 15 is 0 Å². The normalized spacial score (nSPS) is 13.4. The predicted octanol–water partition coefficient (Wildman–Crippen LogP) is 13.3. The number of nitrogens with zero attached hydrogens (tertiary/aromatic N) is 2. The van der Waals surface area contributed by atoms with Crippen LogP contribution in [-0.2, 0) is 0 Å². The minimum atomic E-state index is -0.354. The van der Waals surface area contributed by atoms with Gasteiger partial charge in [0.2, 0.25) is 0 Å². The van der Waals surface area contributed by atoms with Gasteiger partial charge < -0.3 is 19.7 Å². The fourth-order valence-electron chi connectivity index (χ4n) is 5.46. The molecule has 6 rings (SSSR count). The molecule has 0 aromatic heterocycles. The standard InChI is InChI=1S/C44H39Br2N3O4S3/c1-32-13-23-40(47-25-27-52-36-19-14-33(45)15-20-36)42(30-32)54-29-6-5-10-39(55-38-8-3-2-4-9-38)11-7-12-44-48(26-28-53-37-21-16-34(46)17-22-37)41-24-18-35(49(50)51)31-43(41)56-44/h2-24,30-31,47H,25-29H2,1H3/b6-5+,11-7+,39-10-,44-12-. The molecule has 0 atom stereocenters. The number of aryl methyl sites for hydroxylation is 1. The highest BCUT2D eigenvalue weighted by atomic mass is 79.9. The van der Waals surface area contributed by atoms with Crippen LogP contribution in [0.2, 0.25) is 0 Å². The summed E-state index contributed by atoms with van der Waals surface area (Å²) in [6.07, 6.45) is 12.6. The number of halogens is 2. The van der Waals surface area contributed by atoms with Crippen molar-refractivity contribution in [1.29, 1.82) is 0 Å². The van der Waals surface area contributed by atoms with Crippen LogP contribution in [-0.4, -0.2) is 37.0 Å². The number of hydrogen-bond donors (Lipinski definition) is 1. The van der Waals surface area contributed by atoms with E-state index in [1.807, 2.05) is 78.9 Å². The van der Waals surface area contributed by atoms with Crippen LogP contribution in [0.3, 0.4) is 0 Å². The van der Waals surface area contributed by atoms with E-state index in [1.165, 1.54) is 22.2 Å². The molecule has 5 aromatic rings. The number of nitrogens with one attached hydrogen (secondary N) is 1. The molecule has 0 aliphatic carbocycles. The third-order valence-corrected chi connectivity index (χ3v) is 12.4. The molecule has 0 bridgehead atoms. The molecule has 0 radical (unpaired) electrons. The topological polar surface area (TPSA) is 76.9 Å². The molecule has 0 amide bonds. The average Bonchev–Trinajstić information content (AvgIpc) is 3.55. The second kappa shape index (κ2) is 21.3. The summed E-state index contributed by atoms with van der Waals surface area (Å²) in [6.45, 7) is 4.38. The lowest BCUT2D eigenvalue weighted by molar-refractivity contribution is -0.385. The summed E-state index contributed by atoms with van der Waals surface area (Å²) >= 11 is 11.9. The van der Waals surface area contributed by atoms with Gasteiger partial charge in [-0.05, 0) is 110 Å². The Morgan fingerprint density at radius 3 is 2.30 bits per heavy atom. The Kier molecular flexibility index (Phi) is 15.7. The molecule has 12 heteroatoms. The minimum Gasteiger partial charge on any atom is -0.492 e. The van der Waals surface area contributed by atoms with E-state index in [9.17, 15) is 10.1 Å². The number of hydrogen-bond acceptors (Lipinski definition) is 9. The van der Waals surface area contributed by atoms with Gasteiger partial charge in [0.15, 0.2) is 0 Å². The second-order valence-electron chi connectivity index (χ2n) is 12.3. The highest BCUT2D eigenvalue weighted by Crippen LogP contribution is 2.47. The molecule has 0 unspecified atom stereocenters. The van der Waals surface area contributed by atoms with Gasteiger partial charge >= 0.3 is 0 Å². The van der Waals surface area contributed by atoms with Crippen LogP contribution < -0.4 is 19.7 Å². The molecule has 286 valence electrons. The van der Waals surface area contributed by atoms with E-state index in [0.717, 1.165) is 57.3 Å². The number of nitro benzene ring substituents is 1. The van der Waals surface area contributed by atoms with Crippen molar-refractivity contribution in [3.63, 3.8) is 0 Å². The number of ether oxygens (including phenoxy) is 2. The van der Waals surface area contributed by atoms with Gasteiger partial charge in [-0.2, -0.15) is 0 Å². The first-order chi connectivity index (χ1) is 27.3. The maximum atomic E-state index is 11.5. The van der Waals surface area contributed by atoms with Crippen LogP contribution >= 0.6 is 67.1 Å². The minimum absolute atomic E-state index is 0.0746. The Morgan fingerprint density at radius 1 is 0.875 bits per heavy atom. The summed E-state index contributed by atoms with van der Waals surface area (Å²) < 4.78 is 14.0. The first-order valence-electron chi connectivity index (χ1n) is 17.8. The third kappa shape index (κ3) is 12.6. The molecule has 0 fully saturated rings. The number of nitro groups is 1. The maximum Gasteiger partial charge on any atom is 0.270 e. The van der Waals surface area contributed by atoms with Crippen molar-refractivity contribution in [2.45, 2.75) is 21.6 Å². The van der Waals surface area contributed by atoms with E-state index in [1.54, 1.807) is 35.7 Å². The Hall–Kier alpha value is -4.33. The van der Waals surface area contributed by atoms with E-state index in [2.05, 4.69) is 110 Å². The van der Waals surface area contributed by atoms with E-state index < -0.39 is 0 Å². The molecule has 1 aliphatic heterocycles. The van der Waals surface area contributed by atoms with Crippen molar-refractivity contribution in [2.24, 2.45) is 0 Å². The highest BCUT2D eigenvalue weighted by molar-refractivity contribution is 9.10. The maximum absolute atomic E-state index is 11.5. The summed E-state index contributed by atoms with van der Waals surface area (Å²) in [5.74, 6) is 2.43. The van der Waals surface area contributed by atoms with Crippen molar-refractivity contribution in [2.75, 3.05) is 42.3 Å². The number of fused-ring (bicyclic) bond motifs is 1. The zero-order chi connectivity index (χ0) is 39.1. The molecule has 1 N–H and O–H groups in total. The van der Waals surface area contributed by atoms with Crippen molar-refractivity contribution < 1.29 is 14.4 Å². The number of rotatable bonds is 18. The van der Waals surface area contributed by atoms with Crippen molar-refractivity contribution in [3.8, 4) is 11.5 Å². The van der Waals surface area contributed by atoms with Crippen LogP contribution in [0.4, 0.5) is 17.1 Å². The third-order valence-electron chi connectivity index (χ3n) is 8.17. The monoisotopic (exact) mass is 927 g/mol. The number of anilines is 2. The molecule has 7 nitrogen and oxygen atoms in total. The number of thioether (sulfide) groups is 3. The van der Waals surface area contributed by atoms with Gasteiger partial charge in [-0.15, -0.1) is 11.8 Å². The lowest BCUT2D eigenvalue weighted by atomic mass is 10.2. The molecular formula is C44H39Br2N3O4S3. The van der Waals surface area contributed by atoms with Gasteiger partial charge in [-0.25, -0.2) is 0 Å². The van der Waals surface area contributed by atoms with Gasteiger partial charge in [0, 0.05) is 58.7 Å². The van der Waals surface area contributed by atoms with Crippen molar-refractivity contribution in [3.05, 3.63) is 186 Å². The number of benzene rings is 5. The predicted molar refractivity (Wildman–Crippen MR) is 243 cm³/mol. The van der Waals surface area contributed by atoms with Crippen LogP contribution in [0, 0.1) is 17.0 Å². The zero-order valence-corrected chi connectivity index (χ0v) is 36.1. The largest absolute Gasteiger partial charge is 0.492 e. The quantitative estimate of drug-likeness (QED) is 0.0304. The lowest BCUT2D eigenvalue weighted by Gasteiger charge is -2.20. The molecule has 0 saturated heterocycles. The van der Waals surface area contributed by atoms with Gasteiger partial charge in [-0.3, -0.25) is 10.1 Å². The van der Waals surface area contributed by atoms with Gasteiger partial charge in [0.1, 0.15) is 24.7 Å². The summed E-state index contributed by atoms with van der Waals surface area (Å²) in [5, 5.41) is 16.1. The Morgan fingerprint density at radius 2 is 1.59 bits per heavy atom. The molecule has 0 saturated carbocycles. The Labute approximate surface area is 357 Å². The van der Waals surface area contributed by atoms with E-state index in [0.29, 0.717) is 26.3 Å². The van der Waals surface area contributed by atoms with Crippen molar-refractivity contribution in [1.82, 2.24) is 0 Å². The SMILES string of the molecule is Cc1ccc(NCCOc2ccc(Br)cc2)c(SC/C=C/C=C(/C=C/C=C2\Sc3cc([N+](=O)[O-])ccc3N2CCOc2ccc(Br)cc2)Sc2ccccc2)c1. The molecule has 0 spiro atoms. The highest BCUT2D eigenvalue weighted by Gasteiger charge is 2.27. The van der Waals surface area contributed by atoms with Crippen LogP contribution in [0.25, 0.3) is 0 Å². The Bertz CT molecular complexity index is 2210. The molecular weight excluding hydrogens is 891 g/mol. The van der Waals surface area contributed by atoms with Crippen LogP contribution in [0.5, 0.6) is 11.5 Å². The van der Waals surface area contributed by atoms with Gasteiger partial charge in [0.25, 0.3) is 5.69 Å². The average molecular weight is 930 g/mol. The summed E-state index contributed by atoms with van der Waals surface area (Å²) in [4.78, 5) is 17.6. The molecule has 1 aliphatic rings. The fraction of sp³-hybridized carbons (Fsp3) is 0.136. The Balaban J connectivity index is 1.12. The second-order valence-corrected chi connectivity index (χ2v) is 17.4. The molecule has 1 heterocycles. The smallest absolute Gasteiger partial charge is 0.270 e. The van der Waals surface area contributed by atoms with Gasteiger partial charge in [0.05, 0.1) is 22.2 Å². The summed E-state index contributed by atoms with van der Waals surface area (Å²) in [7, 11) is 0. The molecule has 5 aromatic carbocycles. The number of non-ortho nitro benzene ring substituents is 1. The lowest BCUT2D eigenvalue weighted by Crippen LogP contribution is -2.24. The van der Waals surface area contributed by atoms with E-state index in [4.69, 9.17) is 9.47 Å². The fourth-order valence-corrected chi connectivity index (χ4v) is 8.93. The van der Waals surface area contributed by atoms with Crippen molar-refractivity contribution >= 4 is 84.2 Å². The first kappa shape index (κ1) is 41.3. The summed E-state index contributed by atoms with van der Waals surface area (Å²) in [6, 6.07) is 37.4. The summed E-state index contributed by atoms with van der Waals surface area (Å²) in [5.41, 5.74) is 3.31. The zero-order valence-electron chi connectivity index (χ0n) is 30.5. The van der Waals surface area contributed by atoms with E-state index in [-0.39, 0.29) is 10.6 Å². The van der Waals surface area contributed by atoms with Gasteiger partial charge in [-0.1, -0.05) is 97.9 Å². The van der Waals surface area contributed by atoms with Crippen LogP contribution in [0.1, 0.15) is 5.56 Å². The molecule has 56 heavy (non-hydrogen) atoms. The van der Waals surface area contributed by atoms with Crippen LogP contribution in [0.15, 0.2) is 185 Å².